The van der Waals surface area contributed by atoms with Gasteiger partial charge in [-0.15, -0.1) is 0 Å². The first kappa shape index (κ1) is 20.1. The second kappa shape index (κ2) is 8.27. The van der Waals surface area contributed by atoms with Gasteiger partial charge in [0, 0.05) is 25.2 Å². The molecule has 1 aliphatic heterocycles. The number of nitrogens with one attached hydrogen (secondary N) is 1. The smallest absolute Gasteiger partial charge is 0.410 e. The molecule has 1 aromatic carbocycles. The Bertz CT molecular complexity index is 863. The molecular weight excluding hydrogens is 364 g/mol. The average molecular weight is 397 g/mol. The fourth-order valence-corrected chi connectivity index (χ4v) is 4.79. The summed E-state index contributed by atoms with van der Waals surface area (Å²) in [6.45, 7) is 7.20. The summed E-state index contributed by atoms with van der Waals surface area (Å²) in [5.41, 5.74) is 2.27. The van der Waals surface area contributed by atoms with Gasteiger partial charge in [-0.05, 0) is 58.1 Å². The van der Waals surface area contributed by atoms with Crippen LogP contribution in [-0.4, -0.2) is 45.2 Å². The molecule has 4 rings (SSSR count). The number of nitrogens with zero attached hydrogens (tertiary/aromatic N) is 3. The van der Waals surface area contributed by atoms with Crippen LogP contribution in [0.5, 0.6) is 0 Å². The quantitative estimate of drug-likeness (QED) is 0.835. The number of hydrogen-bond donors (Lipinski definition) is 1. The molecule has 2 fully saturated rings. The van der Waals surface area contributed by atoms with Crippen molar-refractivity contribution in [2.45, 2.75) is 77.1 Å². The maximum absolute atomic E-state index is 13.0. The normalized spacial score (nSPS) is 24.5. The van der Waals surface area contributed by atoms with Gasteiger partial charge in [0.15, 0.2) is 0 Å². The average Bonchev–Trinajstić information content (AvgIpc) is 3.05. The van der Waals surface area contributed by atoms with Crippen LogP contribution in [0, 0.1) is 5.92 Å². The fraction of sp³-hybridized carbons (Fsp3) is 0.609. The van der Waals surface area contributed by atoms with Crippen LogP contribution in [0.25, 0.3) is 11.0 Å². The third-order valence-electron chi connectivity index (χ3n) is 5.98. The Kier molecular flexibility index (Phi) is 5.72. The minimum atomic E-state index is -0.470. The van der Waals surface area contributed by atoms with E-state index in [9.17, 15) is 4.79 Å². The van der Waals surface area contributed by atoms with E-state index >= 15 is 0 Å². The predicted molar refractivity (Wildman–Crippen MR) is 113 cm³/mol. The summed E-state index contributed by atoms with van der Waals surface area (Å²) in [6.07, 6.45) is 7.51. The van der Waals surface area contributed by atoms with E-state index < -0.39 is 5.60 Å². The lowest BCUT2D eigenvalue weighted by Gasteiger charge is -2.35. The van der Waals surface area contributed by atoms with E-state index in [1.165, 1.54) is 19.3 Å². The Morgan fingerprint density at radius 2 is 1.97 bits per heavy atom. The number of hydrogen-bond acceptors (Lipinski definition) is 5. The van der Waals surface area contributed by atoms with E-state index in [0.717, 1.165) is 36.1 Å². The van der Waals surface area contributed by atoms with Gasteiger partial charge in [0.25, 0.3) is 0 Å². The largest absolute Gasteiger partial charge is 0.444 e. The highest BCUT2D eigenvalue weighted by atomic mass is 16.6. The molecule has 2 aromatic rings. The summed E-state index contributed by atoms with van der Waals surface area (Å²) < 4.78 is 5.75. The maximum Gasteiger partial charge on any atom is 0.410 e. The van der Waals surface area contributed by atoms with E-state index in [4.69, 9.17) is 4.74 Å². The molecule has 1 saturated heterocycles. The third-order valence-corrected chi connectivity index (χ3v) is 5.98. The van der Waals surface area contributed by atoms with Crippen LogP contribution in [-0.2, 0) is 11.3 Å². The summed E-state index contributed by atoms with van der Waals surface area (Å²) in [4.78, 5) is 24.2. The van der Waals surface area contributed by atoms with E-state index in [1.54, 1.807) is 0 Å². The zero-order valence-electron chi connectivity index (χ0n) is 17.7. The molecule has 156 valence electrons. The van der Waals surface area contributed by atoms with Gasteiger partial charge in [-0.25, -0.2) is 9.78 Å². The van der Waals surface area contributed by atoms with Gasteiger partial charge in [-0.2, -0.15) is 0 Å². The number of carbonyl (C=O) groups is 1. The minimum absolute atomic E-state index is 0.163. The number of amides is 1. The molecule has 0 bridgehead atoms. The van der Waals surface area contributed by atoms with E-state index in [2.05, 4.69) is 15.3 Å². The van der Waals surface area contributed by atoms with Crippen molar-refractivity contribution in [1.29, 1.82) is 0 Å². The van der Waals surface area contributed by atoms with Gasteiger partial charge in [0.1, 0.15) is 5.60 Å². The van der Waals surface area contributed by atoms with Crippen molar-refractivity contribution in [1.82, 2.24) is 20.2 Å². The van der Waals surface area contributed by atoms with Crippen LogP contribution in [0.3, 0.4) is 0 Å². The molecule has 3 atom stereocenters. The molecule has 2 aliphatic rings. The summed E-state index contributed by atoms with van der Waals surface area (Å²) in [7, 11) is 0. The van der Waals surface area contributed by atoms with E-state index in [-0.39, 0.29) is 12.1 Å². The molecular formula is C23H32N4O2. The highest BCUT2D eigenvalue weighted by Gasteiger charge is 2.45. The van der Waals surface area contributed by atoms with Crippen molar-refractivity contribution in [3.05, 3.63) is 36.2 Å². The lowest BCUT2D eigenvalue weighted by Crippen LogP contribution is -2.48. The fourth-order valence-electron chi connectivity index (χ4n) is 4.79. The van der Waals surface area contributed by atoms with Crippen LogP contribution in [0.15, 0.2) is 30.5 Å². The van der Waals surface area contributed by atoms with Crippen LogP contribution in [0.1, 0.15) is 58.6 Å². The van der Waals surface area contributed by atoms with E-state index in [1.807, 2.05) is 56.1 Å². The first-order chi connectivity index (χ1) is 13.9. The summed E-state index contributed by atoms with van der Waals surface area (Å²) >= 11 is 0. The Morgan fingerprint density at radius 3 is 2.76 bits per heavy atom. The Hall–Kier alpha value is -2.21. The van der Waals surface area contributed by atoms with E-state index in [0.29, 0.717) is 18.5 Å². The number of likely N-dealkylation sites (tertiary alicyclic amines) is 1. The molecule has 2 unspecified atom stereocenters. The van der Waals surface area contributed by atoms with Crippen molar-refractivity contribution in [3.63, 3.8) is 0 Å². The molecule has 6 heteroatoms. The SMILES string of the molecule is CC(C)(C)OC(=O)N1C2CCCCC2C[C@H]1CNCc1cnc2ccccc2n1. The van der Waals surface area contributed by atoms with Gasteiger partial charge in [0.2, 0.25) is 0 Å². The van der Waals surface area contributed by atoms with Gasteiger partial charge in [-0.3, -0.25) is 4.98 Å². The molecule has 6 nitrogen and oxygen atoms in total. The number of carbonyl (C=O) groups excluding carboxylic acids is 1. The van der Waals surface area contributed by atoms with Crippen molar-refractivity contribution in [3.8, 4) is 0 Å². The summed E-state index contributed by atoms with van der Waals surface area (Å²) in [5, 5.41) is 3.51. The summed E-state index contributed by atoms with van der Waals surface area (Å²) in [6, 6.07) is 8.40. The van der Waals surface area contributed by atoms with Gasteiger partial charge in [-0.1, -0.05) is 25.0 Å². The molecule has 0 spiro atoms. The first-order valence-corrected chi connectivity index (χ1v) is 10.8. The van der Waals surface area contributed by atoms with Crippen molar-refractivity contribution >= 4 is 17.1 Å². The zero-order valence-corrected chi connectivity index (χ0v) is 17.7. The predicted octanol–water partition coefficient (Wildman–Crippen LogP) is 4.29. The number of benzene rings is 1. The second-order valence-electron chi connectivity index (χ2n) is 9.37. The molecule has 1 saturated carbocycles. The van der Waals surface area contributed by atoms with Crippen LogP contribution >= 0.6 is 0 Å². The minimum Gasteiger partial charge on any atom is -0.444 e. The summed E-state index contributed by atoms with van der Waals surface area (Å²) in [5.74, 6) is 0.600. The third kappa shape index (κ3) is 4.69. The molecule has 2 heterocycles. The second-order valence-corrected chi connectivity index (χ2v) is 9.37. The molecule has 0 radical (unpaired) electrons. The number of rotatable bonds is 4. The number of aromatic nitrogens is 2. The highest BCUT2D eigenvalue weighted by molar-refractivity contribution is 5.73. The monoisotopic (exact) mass is 396 g/mol. The van der Waals surface area contributed by atoms with Crippen LogP contribution in [0.4, 0.5) is 4.79 Å². The van der Waals surface area contributed by atoms with Gasteiger partial charge in [0.05, 0.1) is 22.9 Å². The lowest BCUT2D eigenvalue weighted by atomic mass is 9.85. The maximum atomic E-state index is 13.0. The number of para-hydroxylation sites is 2. The molecule has 1 N–H and O–H groups in total. The lowest BCUT2D eigenvalue weighted by molar-refractivity contribution is 0.0104. The van der Waals surface area contributed by atoms with Crippen LogP contribution < -0.4 is 5.32 Å². The highest BCUT2D eigenvalue weighted by Crippen LogP contribution is 2.40. The van der Waals surface area contributed by atoms with Gasteiger partial charge < -0.3 is 15.0 Å². The van der Waals surface area contributed by atoms with Crippen molar-refractivity contribution < 1.29 is 9.53 Å². The number of ether oxygens (including phenoxy) is 1. The Labute approximate surface area is 173 Å². The zero-order chi connectivity index (χ0) is 20.4. The standard InChI is InChI=1S/C23H32N4O2/c1-23(2,3)29-22(28)27-18(12-16-8-4-7-11-21(16)27)15-24-13-17-14-25-19-9-5-6-10-20(19)26-17/h5-6,9-10,14,16,18,21,24H,4,7-8,11-13,15H2,1-3H3/t16?,18-,21?/m0/s1. The number of fused-ring (bicyclic) bond motifs is 2. The van der Waals surface area contributed by atoms with Gasteiger partial charge >= 0.3 is 6.09 Å². The van der Waals surface area contributed by atoms with Crippen molar-refractivity contribution in [2.75, 3.05) is 6.54 Å². The Morgan fingerprint density at radius 1 is 1.21 bits per heavy atom. The van der Waals surface area contributed by atoms with Crippen molar-refractivity contribution in [2.24, 2.45) is 5.92 Å². The van der Waals surface area contributed by atoms with Crippen LogP contribution in [0.2, 0.25) is 0 Å². The molecule has 29 heavy (non-hydrogen) atoms. The Balaban J connectivity index is 1.41. The first-order valence-electron chi connectivity index (χ1n) is 10.8. The molecule has 1 aromatic heterocycles. The topological polar surface area (TPSA) is 67.3 Å². The molecule has 1 amide bonds. The molecule has 1 aliphatic carbocycles.